The Morgan fingerprint density at radius 1 is 1.11 bits per heavy atom. The minimum atomic E-state index is -0.0169. The molecule has 3 heterocycles. The molecule has 0 saturated carbocycles. The summed E-state index contributed by atoms with van der Waals surface area (Å²) < 4.78 is 11.7. The van der Waals surface area contributed by atoms with E-state index in [1.165, 1.54) is 5.56 Å². The zero-order valence-electron chi connectivity index (χ0n) is 19.9. The predicted octanol–water partition coefficient (Wildman–Crippen LogP) is 3.57. The number of benzene rings is 2. The first-order valence-corrected chi connectivity index (χ1v) is 12.4. The maximum absolute atomic E-state index is 13.4. The third-order valence-electron chi connectivity index (χ3n) is 6.73. The van der Waals surface area contributed by atoms with Gasteiger partial charge in [0, 0.05) is 49.1 Å². The number of pyridine rings is 1. The first kappa shape index (κ1) is 23.3. The van der Waals surface area contributed by atoms with E-state index in [0.717, 1.165) is 30.3 Å². The number of amides is 2. The molecule has 1 atom stereocenters. The van der Waals surface area contributed by atoms with Crippen molar-refractivity contribution in [3.05, 3.63) is 71.9 Å². The number of hydrogen-bond donors (Lipinski definition) is 0. The van der Waals surface area contributed by atoms with Gasteiger partial charge < -0.3 is 19.3 Å². The van der Waals surface area contributed by atoms with Crippen molar-refractivity contribution in [1.29, 1.82) is 0 Å². The first-order chi connectivity index (χ1) is 17.2. The number of hydrogen-bond acceptors (Lipinski definition) is 5. The molecule has 35 heavy (non-hydrogen) atoms. The Kier molecular flexibility index (Phi) is 7.23. The minimum absolute atomic E-state index is 0.0169. The largest absolute Gasteiger partial charge is 0.492 e. The third-order valence-corrected chi connectivity index (χ3v) is 6.73. The highest BCUT2D eigenvalue weighted by Crippen LogP contribution is 2.22. The van der Waals surface area contributed by atoms with E-state index in [1.54, 1.807) is 6.07 Å². The molecule has 2 saturated heterocycles. The fraction of sp³-hybridized carbons (Fsp3) is 0.393. The van der Waals surface area contributed by atoms with Crippen molar-refractivity contribution in [2.75, 3.05) is 46.0 Å². The first-order valence-electron chi connectivity index (χ1n) is 12.4. The molecule has 3 aromatic rings. The smallest absolute Gasteiger partial charge is 0.254 e. The van der Waals surface area contributed by atoms with Gasteiger partial charge in [-0.1, -0.05) is 30.3 Å². The van der Waals surface area contributed by atoms with Crippen LogP contribution in [0.5, 0.6) is 5.75 Å². The van der Waals surface area contributed by atoms with Crippen molar-refractivity contribution < 1.29 is 19.1 Å². The second-order valence-electron chi connectivity index (χ2n) is 9.25. The van der Waals surface area contributed by atoms with Crippen LogP contribution in [-0.2, 0) is 16.0 Å². The van der Waals surface area contributed by atoms with Gasteiger partial charge >= 0.3 is 0 Å². The summed E-state index contributed by atoms with van der Waals surface area (Å²) in [5.74, 6) is 1.00. The summed E-state index contributed by atoms with van der Waals surface area (Å²) in [6, 6.07) is 17.6. The van der Waals surface area contributed by atoms with Crippen LogP contribution in [-0.4, -0.2) is 72.6 Å². The Labute approximate surface area is 205 Å². The quantitative estimate of drug-likeness (QED) is 0.525. The summed E-state index contributed by atoms with van der Waals surface area (Å²) in [7, 11) is 0. The monoisotopic (exact) mass is 473 g/mol. The lowest BCUT2D eigenvalue weighted by atomic mass is 9.97. The maximum atomic E-state index is 13.4. The Morgan fingerprint density at radius 3 is 2.89 bits per heavy atom. The molecule has 2 aromatic carbocycles. The number of aromatic nitrogens is 1. The Balaban J connectivity index is 1.23. The van der Waals surface area contributed by atoms with Crippen molar-refractivity contribution in [3.63, 3.8) is 0 Å². The Hall–Kier alpha value is -3.45. The predicted molar refractivity (Wildman–Crippen MR) is 133 cm³/mol. The summed E-state index contributed by atoms with van der Waals surface area (Å²) in [5, 5.41) is 1.12. The topological polar surface area (TPSA) is 72.0 Å². The van der Waals surface area contributed by atoms with Crippen molar-refractivity contribution in [2.45, 2.75) is 19.3 Å². The maximum Gasteiger partial charge on any atom is 0.254 e. The van der Waals surface area contributed by atoms with Gasteiger partial charge in [-0.2, -0.15) is 0 Å². The lowest BCUT2D eigenvalue weighted by molar-refractivity contribution is -0.128. The number of carbonyl (C=O) groups is 2. The van der Waals surface area contributed by atoms with Crippen molar-refractivity contribution in [3.8, 4) is 5.75 Å². The molecule has 5 rings (SSSR count). The molecule has 0 spiro atoms. The van der Waals surface area contributed by atoms with Gasteiger partial charge in [0.2, 0.25) is 5.91 Å². The fourth-order valence-electron chi connectivity index (χ4n) is 4.95. The molecular weight excluding hydrogens is 442 g/mol. The van der Waals surface area contributed by atoms with Gasteiger partial charge in [0.05, 0.1) is 25.3 Å². The highest BCUT2D eigenvalue weighted by Gasteiger charge is 2.25. The molecule has 2 aliphatic heterocycles. The normalized spacial score (nSPS) is 18.6. The standard InChI is InChI=1S/C28H31N3O4/c32-26-10-4-12-30(26)14-16-35-25-9-2-7-24(18-25)28(33)31-13-15-34-20-21(19-31)17-23-6-1-5-22-8-3-11-29-27(22)23/h1-3,5-9,11,18,21H,4,10,12-17,19-20H2. The summed E-state index contributed by atoms with van der Waals surface area (Å²) in [6.45, 7) is 4.12. The highest BCUT2D eigenvalue weighted by molar-refractivity contribution is 5.94. The molecule has 2 aliphatic rings. The minimum Gasteiger partial charge on any atom is -0.492 e. The Bertz CT molecular complexity index is 1190. The van der Waals surface area contributed by atoms with Crippen LogP contribution in [0.3, 0.4) is 0 Å². The van der Waals surface area contributed by atoms with E-state index in [0.29, 0.717) is 57.2 Å². The van der Waals surface area contributed by atoms with E-state index in [9.17, 15) is 9.59 Å². The molecule has 182 valence electrons. The lowest BCUT2D eigenvalue weighted by Crippen LogP contribution is -2.36. The van der Waals surface area contributed by atoms with E-state index in [4.69, 9.17) is 9.47 Å². The zero-order valence-corrected chi connectivity index (χ0v) is 19.9. The van der Waals surface area contributed by atoms with Crippen LogP contribution in [0.2, 0.25) is 0 Å². The van der Waals surface area contributed by atoms with Crippen LogP contribution in [0.4, 0.5) is 0 Å². The van der Waals surface area contributed by atoms with E-state index in [2.05, 4.69) is 29.2 Å². The highest BCUT2D eigenvalue weighted by atomic mass is 16.5. The summed E-state index contributed by atoms with van der Waals surface area (Å²) in [5.41, 5.74) is 2.79. The number of fused-ring (bicyclic) bond motifs is 1. The van der Waals surface area contributed by atoms with Crippen molar-refractivity contribution in [2.24, 2.45) is 5.92 Å². The second kappa shape index (κ2) is 10.9. The molecule has 2 amide bonds. The Morgan fingerprint density at radius 2 is 2.00 bits per heavy atom. The number of likely N-dealkylation sites (tertiary alicyclic amines) is 1. The van der Waals surface area contributed by atoms with E-state index < -0.39 is 0 Å². The molecule has 0 radical (unpaired) electrons. The summed E-state index contributed by atoms with van der Waals surface area (Å²) in [4.78, 5) is 33.5. The lowest BCUT2D eigenvalue weighted by Gasteiger charge is -2.24. The van der Waals surface area contributed by atoms with E-state index in [-0.39, 0.29) is 17.7 Å². The molecule has 7 nitrogen and oxygen atoms in total. The van der Waals surface area contributed by atoms with Gasteiger partial charge in [-0.3, -0.25) is 14.6 Å². The second-order valence-corrected chi connectivity index (χ2v) is 9.25. The zero-order chi connectivity index (χ0) is 24.0. The average molecular weight is 474 g/mol. The van der Waals surface area contributed by atoms with Crippen molar-refractivity contribution >= 4 is 22.7 Å². The SMILES string of the molecule is O=C1CCCN1CCOc1cccc(C(=O)N2CCOCC(Cc3cccc4cccnc34)C2)c1. The van der Waals surface area contributed by atoms with E-state index >= 15 is 0 Å². The van der Waals surface area contributed by atoms with Crippen LogP contribution >= 0.6 is 0 Å². The van der Waals surface area contributed by atoms with Gasteiger partial charge in [-0.05, 0) is 42.7 Å². The molecule has 0 N–H and O–H groups in total. The molecule has 0 aliphatic carbocycles. The molecule has 2 fully saturated rings. The van der Waals surface area contributed by atoms with Crippen molar-refractivity contribution in [1.82, 2.24) is 14.8 Å². The van der Waals surface area contributed by atoms with E-state index in [1.807, 2.05) is 40.3 Å². The van der Waals surface area contributed by atoms with Gasteiger partial charge in [0.15, 0.2) is 0 Å². The summed E-state index contributed by atoms with van der Waals surface area (Å²) >= 11 is 0. The molecular formula is C28H31N3O4. The van der Waals surface area contributed by atoms with Crippen LogP contribution in [0.15, 0.2) is 60.8 Å². The molecule has 1 aromatic heterocycles. The number of carbonyl (C=O) groups excluding carboxylic acids is 2. The summed E-state index contributed by atoms with van der Waals surface area (Å²) in [6.07, 6.45) is 4.17. The molecule has 7 heteroatoms. The van der Waals surface area contributed by atoms with Gasteiger partial charge in [-0.15, -0.1) is 0 Å². The van der Waals surface area contributed by atoms with Gasteiger partial charge in [0.25, 0.3) is 5.91 Å². The van der Waals surface area contributed by atoms with Gasteiger partial charge in [-0.25, -0.2) is 0 Å². The number of nitrogens with zero attached hydrogens (tertiary/aromatic N) is 3. The number of ether oxygens (including phenoxy) is 2. The average Bonchev–Trinajstić information content (AvgIpc) is 3.15. The van der Waals surface area contributed by atoms with Crippen LogP contribution in [0, 0.1) is 5.92 Å². The van der Waals surface area contributed by atoms with Crippen LogP contribution in [0.25, 0.3) is 10.9 Å². The number of para-hydroxylation sites is 1. The van der Waals surface area contributed by atoms with Crippen LogP contribution in [0.1, 0.15) is 28.8 Å². The fourth-order valence-corrected chi connectivity index (χ4v) is 4.95. The molecule has 0 bridgehead atoms. The number of rotatable bonds is 7. The molecule has 1 unspecified atom stereocenters. The van der Waals surface area contributed by atoms with Crippen LogP contribution < -0.4 is 4.74 Å². The van der Waals surface area contributed by atoms with Gasteiger partial charge in [0.1, 0.15) is 12.4 Å². The third kappa shape index (κ3) is 5.62.